The van der Waals surface area contributed by atoms with E-state index in [0.29, 0.717) is 23.9 Å². The molecule has 142 valence electrons. The number of fused-ring (bicyclic) bond motifs is 3. The average molecular weight is 382 g/mol. The molecule has 0 amide bonds. The summed E-state index contributed by atoms with van der Waals surface area (Å²) in [6.07, 6.45) is 0.572. The van der Waals surface area contributed by atoms with Crippen molar-refractivity contribution < 1.29 is 9.90 Å². The number of hydrogen-bond donors (Lipinski definition) is 1. The molecule has 0 aliphatic carbocycles. The van der Waals surface area contributed by atoms with Crippen LogP contribution in [0.2, 0.25) is 0 Å². The lowest BCUT2D eigenvalue weighted by atomic mass is 9.85. The standard InChI is InChI=1S/C24H18N2O3/c27-23-19-10-3-4-11-21(19)25-22-20(13-15-6-5-8-16(12-15)24(28)29)18-9-2-1-7-17(18)14-26(22)23/h1-12,20H,13-14H2,(H,28,29). The number of benzene rings is 3. The van der Waals surface area contributed by atoms with Crippen LogP contribution in [0.3, 0.4) is 0 Å². The third-order valence-corrected chi connectivity index (χ3v) is 5.58. The maximum absolute atomic E-state index is 13.2. The highest BCUT2D eigenvalue weighted by Crippen LogP contribution is 2.34. The van der Waals surface area contributed by atoms with Crippen molar-refractivity contribution in [1.82, 2.24) is 9.55 Å². The second-order valence-electron chi connectivity index (χ2n) is 7.34. The maximum Gasteiger partial charge on any atom is 0.335 e. The van der Waals surface area contributed by atoms with E-state index >= 15 is 0 Å². The zero-order valence-corrected chi connectivity index (χ0v) is 15.6. The Morgan fingerprint density at radius 2 is 1.83 bits per heavy atom. The van der Waals surface area contributed by atoms with E-state index in [2.05, 4.69) is 6.07 Å². The topological polar surface area (TPSA) is 72.2 Å². The van der Waals surface area contributed by atoms with E-state index in [0.717, 1.165) is 22.5 Å². The summed E-state index contributed by atoms with van der Waals surface area (Å²) in [5.74, 6) is -0.342. The number of para-hydroxylation sites is 1. The van der Waals surface area contributed by atoms with Crippen molar-refractivity contribution in [3.8, 4) is 0 Å². The second kappa shape index (κ2) is 6.71. The van der Waals surface area contributed by atoms with Gasteiger partial charge in [0.1, 0.15) is 5.82 Å². The van der Waals surface area contributed by atoms with Gasteiger partial charge < -0.3 is 5.11 Å². The van der Waals surface area contributed by atoms with Gasteiger partial charge in [-0.05, 0) is 47.4 Å². The largest absolute Gasteiger partial charge is 0.478 e. The summed E-state index contributed by atoms with van der Waals surface area (Å²) >= 11 is 0. The molecule has 1 aliphatic rings. The number of rotatable bonds is 3. The molecule has 0 spiro atoms. The van der Waals surface area contributed by atoms with Gasteiger partial charge >= 0.3 is 5.97 Å². The number of nitrogens with zero attached hydrogens (tertiary/aromatic N) is 2. The van der Waals surface area contributed by atoms with Crippen LogP contribution in [0, 0.1) is 0 Å². The fourth-order valence-electron chi connectivity index (χ4n) is 4.20. The Kier molecular flexibility index (Phi) is 4.02. The summed E-state index contributed by atoms with van der Waals surface area (Å²) in [5, 5.41) is 9.94. The Hall–Kier alpha value is -3.73. The smallest absolute Gasteiger partial charge is 0.335 e. The van der Waals surface area contributed by atoms with Crippen LogP contribution in [0.15, 0.2) is 77.6 Å². The van der Waals surface area contributed by atoms with Crippen molar-refractivity contribution in [2.75, 3.05) is 0 Å². The van der Waals surface area contributed by atoms with E-state index in [9.17, 15) is 14.7 Å². The molecule has 0 bridgehead atoms. The van der Waals surface area contributed by atoms with Gasteiger partial charge in [-0.3, -0.25) is 9.36 Å². The van der Waals surface area contributed by atoms with Crippen LogP contribution < -0.4 is 5.56 Å². The van der Waals surface area contributed by atoms with Crippen molar-refractivity contribution in [3.63, 3.8) is 0 Å². The minimum Gasteiger partial charge on any atom is -0.478 e. The average Bonchev–Trinajstić information content (AvgIpc) is 2.75. The van der Waals surface area contributed by atoms with Crippen molar-refractivity contribution >= 4 is 16.9 Å². The van der Waals surface area contributed by atoms with E-state index in [1.165, 1.54) is 0 Å². The lowest BCUT2D eigenvalue weighted by Gasteiger charge is -2.29. The van der Waals surface area contributed by atoms with Crippen LogP contribution in [0.5, 0.6) is 0 Å². The molecular formula is C24H18N2O3. The second-order valence-corrected chi connectivity index (χ2v) is 7.34. The van der Waals surface area contributed by atoms with Crippen molar-refractivity contribution in [2.24, 2.45) is 0 Å². The van der Waals surface area contributed by atoms with Crippen molar-refractivity contribution in [2.45, 2.75) is 18.9 Å². The molecule has 5 rings (SSSR count). The van der Waals surface area contributed by atoms with Crippen LogP contribution in [0.4, 0.5) is 0 Å². The molecule has 4 aromatic rings. The molecule has 1 atom stereocenters. The number of carboxylic acid groups (broad SMARTS) is 1. The van der Waals surface area contributed by atoms with Gasteiger partial charge in [-0.2, -0.15) is 0 Å². The van der Waals surface area contributed by atoms with E-state index < -0.39 is 5.97 Å². The van der Waals surface area contributed by atoms with E-state index in [4.69, 9.17) is 4.98 Å². The highest BCUT2D eigenvalue weighted by Gasteiger charge is 2.28. The van der Waals surface area contributed by atoms with Crippen LogP contribution in [-0.2, 0) is 13.0 Å². The highest BCUT2D eigenvalue weighted by atomic mass is 16.4. The van der Waals surface area contributed by atoms with Gasteiger partial charge in [0.05, 0.1) is 23.0 Å². The molecule has 0 radical (unpaired) electrons. The van der Waals surface area contributed by atoms with Gasteiger partial charge in [0.2, 0.25) is 0 Å². The third-order valence-electron chi connectivity index (χ3n) is 5.58. The molecular weight excluding hydrogens is 364 g/mol. The summed E-state index contributed by atoms with van der Waals surface area (Å²) in [5.41, 5.74) is 4.04. The predicted octanol–water partition coefficient (Wildman–Crippen LogP) is 3.83. The van der Waals surface area contributed by atoms with Crippen LogP contribution in [0.25, 0.3) is 10.9 Å². The molecule has 1 N–H and O–H groups in total. The Labute approximate surface area is 166 Å². The SMILES string of the molecule is O=C(O)c1cccc(CC2c3ccccc3Cn3c2nc2ccccc2c3=O)c1. The first-order valence-electron chi connectivity index (χ1n) is 9.51. The predicted molar refractivity (Wildman–Crippen MR) is 110 cm³/mol. The van der Waals surface area contributed by atoms with E-state index in [-0.39, 0.29) is 17.0 Å². The Bertz CT molecular complexity index is 1320. The number of carbonyl (C=O) groups is 1. The molecule has 0 saturated heterocycles. The monoisotopic (exact) mass is 382 g/mol. The summed E-state index contributed by atoms with van der Waals surface area (Å²) in [7, 11) is 0. The normalized spacial score (nSPS) is 15.0. The highest BCUT2D eigenvalue weighted by molar-refractivity contribution is 5.87. The van der Waals surface area contributed by atoms with Crippen LogP contribution in [0.1, 0.15) is 38.8 Å². The lowest BCUT2D eigenvalue weighted by Crippen LogP contribution is -2.32. The Balaban J connectivity index is 1.70. The molecule has 1 unspecified atom stereocenters. The van der Waals surface area contributed by atoms with E-state index in [1.807, 2.05) is 48.5 Å². The molecule has 1 aromatic heterocycles. The minimum absolute atomic E-state index is 0.0376. The molecule has 29 heavy (non-hydrogen) atoms. The van der Waals surface area contributed by atoms with Crippen LogP contribution in [-0.4, -0.2) is 20.6 Å². The Morgan fingerprint density at radius 1 is 1.03 bits per heavy atom. The number of aromatic nitrogens is 2. The fourth-order valence-corrected chi connectivity index (χ4v) is 4.20. The van der Waals surface area contributed by atoms with Gasteiger partial charge in [0.15, 0.2) is 0 Å². The first-order valence-corrected chi connectivity index (χ1v) is 9.51. The number of carboxylic acids is 1. The summed E-state index contributed by atoms with van der Waals surface area (Å²) in [4.78, 5) is 29.4. The molecule has 2 heterocycles. The first kappa shape index (κ1) is 17.4. The van der Waals surface area contributed by atoms with Gasteiger partial charge in [-0.1, -0.05) is 48.5 Å². The molecule has 1 aliphatic heterocycles. The van der Waals surface area contributed by atoms with Gasteiger partial charge in [0.25, 0.3) is 5.56 Å². The molecule has 0 fully saturated rings. The number of aromatic carboxylic acids is 1. The lowest BCUT2D eigenvalue weighted by molar-refractivity contribution is 0.0696. The first-order chi connectivity index (χ1) is 14.1. The zero-order valence-electron chi connectivity index (χ0n) is 15.6. The Morgan fingerprint density at radius 3 is 2.69 bits per heavy atom. The van der Waals surface area contributed by atoms with Crippen molar-refractivity contribution in [3.05, 3.63) is 111 Å². The van der Waals surface area contributed by atoms with Gasteiger partial charge in [-0.25, -0.2) is 9.78 Å². The summed E-state index contributed by atoms with van der Waals surface area (Å²) in [6.45, 7) is 0.494. The molecule has 5 heteroatoms. The van der Waals surface area contributed by atoms with E-state index in [1.54, 1.807) is 22.8 Å². The molecule has 0 saturated carbocycles. The van der Waals surface area contributed by atoms with Gasteiger partial charge in [-0.15, -0.1) is 0 Å². The molecule has 5 nitrogen and oxygen atoms in total. The quantitative estimate of drug-likeness (QED) is 0.584. The maximum atomic E-state index is 13.2. The van der Waals surface area contributed by atoms with Gasteiger partial charge in [0, 0.05) is 5.92 Å². The fraction of sp³-hybridized carbons (Fsp3) is 0.125. The van der Waals surface area contributed by atoms with Crippen molar-refractivity contribution in [1.29, 1.82) is 0 Å². The zero-order chi connectivity index (χ0) is 20.0. The van der Waals surface area contributed by atoms with Crippen LogP contribution >= 0.6 is 0 Å². The molecule has 3 aromatic carbocycles. The summed E-state index contributed by atoms with van der Waals surface area (Å²) in [6, 6.07) is 22.5. The third kappa shape index (κ3) is 2.91. The minimum atomic E-state index is -0.948. The number of hydrogen-bond acceptors (Lipinski definition) is 3. The summed E-state index contributed by atoms with van der Waals surface area (Å²) < 4.78 is 1.76.